The van der Waals surface area contributed by atoms with E-state index in [-0.39, 0.29) is 5.56 Å². The van der Waals surface area contributed by atoms with Crippen molar-refractivity contribution in [3.05, 3.63) is 84.2 Å². The first kappa shape index (κ1) is 18.6. The van der Waals surface area contributed by atoms with Gasteiger partial charge in [-0.1, -0.05) is 42.5 Å². The van der Waals surface area contributed by atoms with Crippen LogP contribution in [0.15, 0.2) is 72.8 Å². The number of hydrogen-bond donors (Lipinski definition) is 2. The van der Waals surface area contributed by atoms with Gasteiger partial charge < -0.3 is 5.32 Å². The van der Waals surface area contributed by atoms with Crippen molar-refractivity contribution in [2.45, 2.75) is 0 Å². The Kier molecular flexibility index (Phi) is 5.23. The second kappa shape index (κ2) is 7.59. The fourth-order valence-electron chi connectivity index (χ4n) is 2.58. The van der Waals surface area contributed by atoms with Gasteiger partial charge in [-0.2, -0.15) is 0 Å². The van der Waals surface area contributed by atoms with E-state index in [0.717, 1.165) is 11.8 Å². The van der Waals surface area contributed by atoms with Gasteiger partial charge in [0.05, 0.1) is 17.5 Å². The molecule has 3 aromatic carbocycles. The maximum absolute atomic E-state index is 14.4. The van der Waals surface area contributed by atoms with Crippen LogP contribution in [-0.2, 0) is 10.0 Å². The summed E-state index contributed by atoms with van der Waals surface area (Å²) < 4.78 is 39.4. The molecular formula is C20H17FN2O3S. The molecule has 3 aromatic rings. The van der Waals surface area contributed by atoms with E-state index in [4.69, 9.17) is 0 Å². The molecule has 1 amide bonds. The van der Waals surface area contributed by atoms with Crippen LogP contribution in [0.5, 0.6) is 0 Å². The highest BCUT2D eigenvalue weighted by Gasteiger charge is 2.13. The molecule has 3 rings (SSSR count). The summed E-state index contributed by atoms with van der Waals surface area (Å²) in [6.45, 7) is 0. The molecule has 0 heterocycles. The predicted octanol–water partition coefficient (Wildman–Crippen LogP) is 4.12. The normalized spacial score (nSPS) is 11.0. The van der Waals surface area contributed by atoms with Crippen molar-refractivity contribution in [2.75, 3.05) is 16.3 Å². The van der Waals surface area contributed by atoms with Crippen LogP contribution in [0, 0.1) is 5.82 Å². The standard InChI is InChI=1S/C20H17FN2O3S/c1-27(25,26)23-17-9-5-8-16(13-17)22-20(24)18-11-10-15(12-19(18)21)14-6-3-2-4-7-14/h2-13,23H,1H3,(H,22,24). The average Bonchev–Trinajstić information content (AvgIpc) is 2.61. The van der Waals surface area contributed by atoms with Crippen LogP contribution in [0.1, 0.15) is 10.4 Å². The second-order valence-electron chi connectivity index (χ2n) is 5.97. The fourth-order valence-corrected chi connectivity index (χ4v) is 3.14. The SMILES string of the molecule is CS(=O)(=O)Nc1cccc(NC(=O)c2ccc(-c3ccccc3)cc2F)c1. The topological polar surface area (TPSA) is 75.3 Å². The summed E-state index contributed by atoms with van der Waals surface area (Å²) in [5.41, 5.74) is 2.07. The van der Waals surface area contributed by atoms with Crippen molar-refractivity contribution in [1.29, 1.82) is 0 Å². The highest BCUT2D eigenvalue weighted by molar-refractivity contribution is 7.92. The third-order valence-electron chi connectivity index (χ3n) is 3.74. The number of amides is 1. The summed E-state index contributed by atoms with van der Waals surface area (Å²) in [4.78, 5) is 12.4. The molecule has 0 unspecified atom stereocenters. The van der Waals surface area contributed by atoms with Crippen molar-refractivity contribution in [3.63, 3.8) is 0 Å². The second-order valence-corrected chi connectivity index (χ2v) is 7.72. The van der Waals surface area contributed by atoms with Gasteiger partial charge in [0.15, 0.2) is 0 Å². The Morgan fingerprint density at radius 2 is 1.56 bits per heavy atom. The van der Waals surface area contributed by atoms with Gasteiger partial charge in [0.25, 0.3) is 5.91 Å². The molecule has 0 saturated carbocycles. The summed E-state index contributed by atoms with van der Waals surface area (Å²) in [7, 11) is -3.44. The third-order valence-corrected chi connectivity index (χ3v) is 4.35. The molecule has 7 heteroatoms. The molecule has 0 aliphatic heterocycles. The van der Waals surface area contributed by atoms with E-state index in [0.29, 0.717) is 16.9 Å². The third kappa shape index (κ3) is 4.92. The van der Waals surface area contributed by atoms with Crippen molar-refractivity contribution in [3.8, 4) is 11.1 Å². The summed E-state index contributed by atoms with van der Waals surface area (Å²) in [5, 5.41) is 2.57. The number of carbonyl (C=O) groups excluding carboxylic acids is 1. The Balaban J connectivity index is 1.80. The quantitative estimate of drug-likeness (QED) is 0.695. The Hall–Kier alpha value is -3.19. The number of carbonyl (C=O) groups is 1. The van der Waals surface area contributed by atoms with E-state index in [1.54, 1.807) is 24.3 Å². The lowest BCUT2D eigenvalue weighted by Gasteiger charge is -2.10. The molecule has 138 valence electrons. The van der Waals surface area contributed by atoms with Crippen molar-refractivity contribution < 1.29 is 17.6 Å². The zero-order valence-corrected chi connectivity index (χ0v) is 15.3. The summed E-state index contributed by atoms with van der Waals surface area (Å²) in [6.07, 6.45) is 1.03. The van der Waals surface area contributed by atoms with Crippen LogP contribution in [0.25, 0.3) is 11.1 Å². The van der Waals surface area contributed by atoms with Gasteiger partial charge in [-0.25, -0.2) is 12.8 Å². The molecule has 0 aromatic heterocycles. The van der Waals surface area contributed by atoms with E-state index < -0.39 is 21.7 Å². The number of benzene rings is 3. The number of anilines is 2. The molecule has 27 heavy (non-hydrogen) atoms. The first-order valence-electron chi connectivity index (χ1n) is 8.06. The Bertz CT molecular complexity index is 1080. The van der Waals surface area contributed by atoms with E-state index in [1.807, 2.05) is 30.3 Å². The molecule has 0 radical (unpaired) electrons. The molecule has 0 atom stereocenters. The number of halogens is 1. The minimum atomic E-state index is -3.44. The lowest BCUT2D eigenvalue weighted by atomic mass is 10.0. The maximum atomic E-state index is 14.4. The van der Waals surface area contributed by atoms with Crippen LogP contribution in [0.3, 0.4) is 0 Å². The Morgan fingerprint density at radius 3 is 2.22 bits per heavy atom. The van der Waals surface area contributed by atoms with Gasteiger partial charge in [-0.3, -0.25) is 9.52 Å². The minimum absolute atomic E-state index is 0.101. The van der Waals surface area contributed by atoms with Crippen LogP contribution in [0.2, 0.25) is 0 Å². The highest BCUT2D eigenvalue weighted by atomic mass is 32.2. The highest BCUT2D eigenvalue weighted by Crippen LogP contribution is 2.23. The van der Waals surface area contributed by atoms with E-state index in [9.17, 15) is 17.6 Å². The van der Waals surface area contributed by atoms with Gasteiger partial charge in [-0.15, -0.1) is 0 Å². The molecule has 0 spiro atoms. The molecule has 0 aliphatic rings. The number of nitrogens with one attached hydrogen (secondary N) is 2. The largest absolute Gasteiger partial charge is 0.322 e. The van der Waals surface area contributed by atoms with Crippen LogP contribution >= 0.6 is 0 Å². The van der Waals surface area contributed by atoms with Crippen molar-refractivity contribution >= 4 is 27.3 Å². The molecule has 0 saturated heterocycles. The monoisotopic (exact) mass is 384 g/mol. The lowest BCUT2D eigenvalue weighted by Crippen LogP contribution is -2.14. The van der Waals surface area contributed by atoms with E-state index in [2.05, 4.69) is 10.0 Å². The van der Waals surface area contributed by atoms with Gasteiger partial charge in [0.2, 0.25) is 10.0 Å². The maximum Gasteiger partial charge on any atom is 0.258 e. The molecule has 0 aliphatic carbocycles. The van der Waals surface area contributed by atoms with Gasteiger partial charge >= 0.3 is 0 Å². The van der Waals surface area contributed by atoms with Gasteiger partial charge in [0, 0.05) is 5.69 Å². The number of sulfonamides is 1. The van der Waals surface area contributed by atoms with Crippen LogP contribution < -0.4 is 10.0 Å². The first-order chi connectivity index (χ1) is 12.8. The van der Waals surface area contributed by atoms with Crippen molar-refractivity contribution in [1.82, 2.24) is 0 Å². The van der Waals surface area contributed by atoms with Gasteiger partial charge in [-0.05, 0) is 41.5 Å². The smallest absolute Gasteiger partial charge is 0.258 e. The van der Waals surface area contributed by atoms with Gasteiger partial charge in [0.1, 0.15) is 5.82 Å². The van der Waals surface area contributed by atoms with E-state index >= 15 is 0 Å². The van der Waals surface area contributed by atoms with Crippen molar-refractivity contribution in [2.24, 2.45) is 0 Å². The number of rotatable bonds is 5. The molecule has 2 N–H and O–H groups in total. The van der Waals surface area contributed by atoms with Crippen LogP contribution in [-0.4, -0.2) is 20.6 Å². The lowest BCUT2D eigenvalue weighted by molar-refractivity contribution is 0.102. The summed E-state index contributed by atoms with van der Waals surface area (Å²) in [5.74, 6) is -1.26. The predicted molar refractivity (Wildman–Crippen MR) is 105 cm³/mol. The average molecular weight is 384 g/mol. The summed E-state index contributed by atoms with van der Waals surface area (Å²) >= 11 is 0. The van der Waals surface area contributed by atoms with E-state index in [1.165, 1.54) is 18.2 Å². The molecular weight excluding hydrogens is 367 g/mol. The zero-order chi connectivity index (χ0) is 19.4. The minimum Gasteiger partial charge on any atom is -0.322 e. The number of hydrogen-bond acceptors (Lipinski definition) is 3. The van der Waals surface area contributed by atoms with Crippen LogP contribution in [0.4, 0.5) is 15.8 Å². The first-order valence-corrected chi connectivity index (χ1v) is 9.95. The fraction of sp³-hybridized carbons (Fsp3) is 0.0500. The Labute approximate surface area is 156 Å². The molecule has 0 fully saturated rings. The molecule has 0 bridgehead atoms. The molecule has 5 nitrogen and oxygen atoms in total. The zero-order valence-electron chi connectivity index (χ0n) is 14.4. The summed E-state index contributed by atoms with van der Waals surface area (Å²) in [6, 6.07) is 19.9. The Morgan fingerprint density at radius 1 is 0.852 bits per heavy atom.